The lowest BCUT2D eigenvalue weighted by Crippen LogP contribution is -2.56. The van der Waals surface area contributed by atoms with E-state index in [9.17, 15) is 19.5 Å². The van der Waals surface area contributed by atoms with Crippen LogP contribution >= 0.6 is 0 Å². The smallest absolute Gasteiger partial charge is 0.350 e. The molecule has 8 heteroatoms. The Morgan fingerprint density at radius 3 is 2.72 bits per heavy atom. The van der Waals surface area contributed by atoms with Crippen LogP contribution in [0.3, 0.4) is 0 Å². The molecule has 134 valence electrons. The van der Waals surface area contributed by atoms with Crippen LogP contribution < -0.4 is 11.0 Å². The molecular formula is C17H22N4O4. The van der Waals surface area contributed by atoms with Crippen LogP contribution in [0.5, 0.6) is 0 Å². The summed E-state index contributed by atoms with van der Waals surface area (Å²) >= 11 is 0. The van der Waals surface area contributed by atoms with E-state index in [0.29, 0.717) is 24.4 Å². The number of aromatic nitrogens is 3. The Hall–Kier alpha value is -2.64. The van der Waals surface area contributed by atoms with Crippen LogP contribution in [-0.2, 0) is 16.1 Å². The topological polar surface area (TPSA) is 106 Å². The second kappa shape index (κ2) is 6.70. The molecule has 1 saturated carbocycles. The van der Waals surface area contributed by atoms with Crippen LogP contribution in [0.2, 0.25) is 0 Å². The number of carboxylic acids is 1. The fraction of sp³-hybridized carbons (Fsp3) is 0.529. The zero-order valence-corrected chi connectivity index (χ0v) is 14.1. The van der Waals surface area contributed by atoms with Gasteiger partial charge in [-0.2, -0.15) is 0 Å². The fourth-order valence-electron chi connectivity index (χ4n) is 3.30. The number of hydrogen-bond donors (Lipinski definition) is 2. The van der Waals surface area contributed by atoms with Gasteiger partial charge in [0.25, 0.3) is 0 Å². The van der Waals surface area contributed by atoms with Crippen LogP contribution in [0.4, 0.5) is 0 Å². The van der Waals surface area contributed by atoms with Gasteiger partial charge < -0.3 is 10.4 Å². The number of aryl methyl sites for hydroxylation is 1. The molecule has 0 atom stereocenters. The molecule has 3 rings (SSSR count). The van der Waals surface area contributed by atoms with Gasteiger partial charge in [-0.25, -0.2) is 14.3 Å². The predicted molar refractivity (Wildman–Crippen MR) is 90.2 cm³/mol. The van der Waals surface area contributed by atoms with Crippen molar-refractivity contribution in [2.45, 2.75) is 51.1 Å². The van der Waals surface area contributed by atoms with Crippen molar-refractivity contribution in [1.29, 1.82) is 0 Å². The summed E-state index contributed by atoms with van der Waals surface area (Å²) in [6.07, 6.45) is 4.04. The number of hydrogen-bond acceptors (Lipinski definition) is 4. The molecule has 1 amide bonds. The standard InChI is InChI=1S/C17H22N4O4/c1-12-5-8-17(9-6-12,15(23)24)18-14(22)7-11-21-16(25)20-10-3-2-4-13(20)19-21/h2-4,10,12H,5-9,11H2,1H3,(H,18,22)(H,23,24). The minimum atomic E-state index is -1.19. The molecule has 2 aromatic rings. The van der Waals surface area contributed by atoms with Gasteiger partial charge in [-0.1, -0.05) is 13.0 Å². The molecule has 8 nitrogen and oxygen atoms in total. The number of carbonyl (C=O) groups excluding carboxylic acids is 1. The highest BCUT2D eigenvalue weighted by Crippen LogP contribution is 2.32. The van der Waals surface area contributed by atoms with Gasteiger partial charge in [0.2, 0.25) is 5.91 Å². The monoisotopic (exact) mass is 346 g/mol. The van der Waals surface area contributed by atoms with Crippen LogP contribution in [0, 0.1) is 5.92 Å². The summed E-state index contributed by atoms with van der Waals surface area (Å²) in [5.41, 5.74) is -0.993. The largest absolute Gasteiger partial charge is 0.480 e. The van der Waals surface area contributed by atoms with E-state index in [1.54, 1.807) is 24.4 Å². The molecule has 1 aliphatic carbocycles. The highest BCUT2D eigenvalue weighted by Gasteiger charge is 2.42. The molecular weight excluding hydrogens is 324 g/mol. The Kier molecular flexibility index (Phi) is 4.61. The lowest BCUT2D eigenvalue weighted by atomic mass is 9.77. The maximum atomic E-state index is 12.3. The van der Waals surface area contributed by atoms with Gasteiger partial charge in [0.15, 0.2) is 5.65 Å². The first-order valence-electron chi connectivity index (χ1n) is 8.50. The highest BCUT2D eigenvalue weighted by molar-refractivity contribution is 5.87. The summed E-state index contributed by atoms with van der Waals surface area (Å²) in [6, 6.07) is 5.22. The average molecular weight is 346 g/mol. The van der Waals surface area contributed by atoms with Gasteiger partial charge in [0.1, 0.15) is 5.54 Å². The molecule has 0 aromatic carbocycles. The van der Waals surface area contributed by atoms with Crippen molar-refractivity contribution in [3.8, 4) is 0 Å². The Balaban J connectivity index is 1.66. The van der Waals surface area contributed by atoms with E-state index in [-0.39, 0.29) is 24.6 Å². The van der Waals surface area contributed by atoms with Crippen molar-refractivity contribution < 1.29 is 14.7 Å². The molecule has 0 spiro atoms. The zero-order chi connectivity index (χ0) is 18.0. The number of aliphatic carboxylic acids is 1. The van der Waals surface area contributed by atoms with Crippen LogP contribution in [0.25, 0.3) is 5.65 Å². The van der Waals surface area contributed by atoms with E-state index in [1.165, 1.54) is 9.08 Å². The van der Waals surface area contributed by atoms with Gasteiger partial charge in [0, 0.05) is 12.6 Å². The summed E-state index contributed by atoms with van der Waals surface area (Å²) < 4.78 is 2.63. The van der Waals surface area contributed by atoms with Crippen molar-refractivity contribution in [1.82, 2.24) is 19.5 Å². The molecule has 1 aliphatic rings. The Labute approximate surface area is 144 Å². The molecule has 0 radical (unpaired) electrons. The molecule has 0 saturated heterocycles. The highest BCUT2D eigenvalue weighted by atomic mass is 16.4. The first-order chi connectivity index (χ1) is 11.9. The summed E-state index contributed by atoms with van der Waals surface area (Å²) in [5.74, 6) is -0.889. The van der Waals surface area contributed by atoms with Crippen LogP contribution in [0.1, 0.15) is 39.0 Å². The lowest BCUT2D eigenvalue weighted by molar-refractivity contribution is -0.149. The van der Waals surface area contributed by atoms with E-state index >= 15 is 0 Å². The quantitative estimate of drug-likeness (QED) is 0.841. The maximum Gasteiger partial charge on any atom is 0.350 e. The number of rotatable bonds is 5. The first-order valence-corrected chi connectivity index (χ1v) is 8.50. The van der Waals surface area contributed by atoms with E-state index in [1.807, 2.05) is 0 Å². The summed E-state index contributed by atoms with van der Waals surface area (Å²) in [5, 5.41) is 16.4. The molecule has 2 aromatic heterocycles. The number of pyridine rings is 1. The second-order valence-electron chi connectivity index (χ2n) is 6.80. The second-order valence-corrected chi connectivity index (χ2v) is 6.80. The third-order valence-corrected chi connectivity index (χ3v) is 4.95. The van der Waals surface area contributed by atoms with Crippen molar-refractivity contribution in [3.63, 3.8) is 0 Å². The maximum absolute atomic E-state index is 12.3. The number of nitrogens with zero attached hydrogens (tertiary/aromatic N) is 3. The van der Waals surface area contributed by atoms with Gasteiger partial charge >= 0.3 is 11.7 Å². The average Bonchev–Trinajstić information content (AvgIpc) is 2.92. The molecule has 2 N–H and O–H groups in total. The number of fused-ring (bicyclic) bond motifs is 1. The van der Waals surface area contributed by atoms with Crippen molar-refractivity contribution >= 4 is 17.5 Å². The fourth-order valence-corrected chi connectivity index (χ4v) is 3.30. The van der Waals surface area contributed by atoms with Gasteiger partial charge in [-0.05, 0) is 43.7 Å². The van der Waals surface area contributed by atoms with Gasteiger partial charge in [-0.15, -0.1) is 5.10 Å². The van der Waals surface area contributed by atoms with Crippen LogP contribution in [0.15, 0.2) is 29.2 Å². The van der Waals surface area contributed by atoms with E-state index in [0.717, 1.165) is 12.8 Å². The molecule has 0 unspecified atom stereocenters. The number of nitrogens with one attached hydrogen (secondary N) is 1. The van der Waals surface area contributed by atoms with E-state index in [4.69, 9.17) is 0 Å². The van der Waals surface area contributed by atoms with E-state index in [2.05, 4.69) is 17.3 Å². The van der Waals surface area contributed by atoms with Gasteiger partial charge in [0.05, 0.1) is 6.54 Å². The van der Waals surface area contributed by atoms with Crippen molar-refractivity contribution in [2.24, 2.45) is 5.92 Å². The Bertz CT molecular complexity index is 846. The third-order valence-electron chi connectivity index (χ3n) is 4.95. The minimum Gasteiger partial charge on any atom is -0.480 e. The van der Waals surface area contributed by atoms with Crippen molar-refractivity contribution in [3.05, 3.63) is 34.9 Å². The Morgan fingerprint density at radius 2 is 2.08 bits per heavy atom. The number of amides is 1. The van der Waals surface area contributed by atoms with Gasteiger partial charge in [-0.3, -0.25) is 9.20 Å². The lowest BCUT2D eigenvalue weighted by Gasteiger charge is -2.36. The number of carbonyl (C=O) groups is 2. The summed E-state index contributed by atoms with van der Waals surface area (Å²) in [6.45, 7) is 2.20. The normalized spacial score (nSPS) is 23.5. The number of carboxylic acid groups (broad SMARTS) is 1. The van der Waals surface area contributed by atoms with Crippen molar-refractivity contribution in [2.75, 3.05) is 0 Å². The van der Waals surface area contributed by atoms with E-state index < -0.39 is 11.5 Å². The third kappa shape index (κ3) is 3.42. The summed E-state index contributed by atoms with van der Waals surface area (Å²) in [4.78, 5) is 36.1. The molecule has 2 heterocycles. The summed E-state index contributed by atoms with van der Waals surface area (Å²) in [7, 11) is 0. The molecule has 25 heavy (non-hydrogen) atoms. The Morgan fingerprint density at radius 1 is 1.36 bits per heavy atom. The molecule has 0 bridgehead atoms. The minimum absolute atomic E-state index is 0.00831. The molecule has 0 aliphatic heterocycles. The zero-order valence-electron chi connectivity index (χ0n) is 14.1. The molecule has 1 fully saturated rings. The first kappa shape index (κ1) is 17.2. The van der Waals surface area contributed by atoms with Crippen LogP contribution in [-0.4, -0.2) is 36.7 Å². The predicted octanol–water partition coefficient (Wildman–Crippen LogP) is 1.04. The SMILES string of the molecule is CC1CCC(NC(=O)CCn2nc3ccccn3c2=O)(C(=O)O)CC1.